The maximum Gasteiger partial charge on any atom is 0.335 e. The van der Waals surface area contributed by atoms with Crippen LogP contribution in [0.4, 0.5) is 10.1 Å². The third-order valence-electron chi connectivity index (χ3n) is 4.00. The van der Waals surface area contributed by atoms with Crippen molar-refractivity contribution in [1.82, 2.24) is 4.72 Å². The lowest BCUT2D eigenvalue weighted by atomic mass is 10.2. The van der Waals surface area contributed by atoms with Crippen LogP contribution in [0.1, 0.15) is 21.7 Å². The molecule has 1 unspecified atom stereocenters. The molecule has 148 valence electrons. The van der Waals surface area contributed by atoms with Crippen LogP contribution in [0, 0.1) is 5.82 Å². The number of aromatic carboxylic acids is 1. The maximum absolute atomic E-state index is 14.2. The number of sulfonamides is 1. The Kier molecular flexibility index (Phi) is 5.84. The fourth-order valence-electron chi connectivity index (χ4n) is 2.70. The third-order valence-corrected chi connectivity index (χ3v) is 6.31. The van der Waals surface area contributed by atoms with Gasteiger partial charge in [0.05, 0.1) is 15.6 Å². The highest BCUT2D eigenvalue weighted by molar-refractivity contribution is 7.92. The summed E-state index contributed by atoms with van der Waals surface area (Å²) in [6.45, 7) is 0.0968. The number of carboxylic acids is 1. The molecule has 28 heavy (non-hydrogen) atoms. The fraction of sp³-hybridized carbons (Fsp3) is 0.176. The molecular formula is C17H14ClFN2O5S2. The molecule has 3 rings (SSSR count). The van der Waals surface area contributed by atoms with E-state index in [1.54, 1.807) is 12.1 Å². The van der Waals surface area contributed by atoms with Crippen molar-refractivity contribution in [3.8, 4) is 0 Å². The Bertz CT molecular complexity index is 1070. The average Bonchev–Trinajstić information content (AvgIpc) is 3.19. The molecule has 1 aliphatic heterocycles. The van der Waals surface area contributed by atoms with E-state index in [1.807, 2.05) is 0 Å². The Labute approximate surface area is 169 Å². The van der Waals surface area contributed by atoms with Crippen molar-refractivity contribution < 1.29 is 27.5 Å². The number of halogens is 2. The molecule has 0 bridgehead atoms. The third kappa shape index (κ3) is 4.58. The van der Waals surface area contributed by atoms with Crippen LogP contribution in [0.2, 0.25) is 4.34 Å². The number of carbonyl (C=O) groups is 2. The van der Waals surface area contributed by atoms with Gasteiger partial charge in [-0.3, -0.25) is 4.79 Å². The van der Waals surface area contributed by atoms with Gasteiger partial charge >= 0.3 is 5.97 Å². The minimum absolute atomic E-state index is 0.0968. The summed E-state index contributed by atoms with van der Waals surface area (Å²) < 4.78 is 41.4. The number of rotatable bonds is 6. The molecule has 0 spiro atoms. The number of amides is 1. The highest BCUT2D eigenvalue weighted by Gasteiger charge is 2.36. The molecule has 1 aromatic carbocycles. The predicted molar refractivity (Wildman–Crippen MR) is 105 cm³/mol. The zero-order valence-electron chi connectivity index (χ0n) is 14.1. The van der Waals surface area contributed by atoms with Crippen molar-refractivity contribution in [3.63, 3.8) is 0 Å². The molecule has 1 saturated heterocycles. The van der Waals surface area contributed by atoms with Crippen molar-refractivity contribution in [1.29, 1.82) is 0 Å². The molecule has 1 fully saturated rings. The smallest absolute Gasteiger partial charge is 0.335 e. The Balaban J connectivity index is 1.71. The topological polar surface area (TPSA) is 104 Å². The van der Waals surface area contributed by atoms with Crippen LogP contribution in [-0.4, -0.2) is 38.0 Å². The van der Waals surface area contributed by atoms with Gasteiger partial charge in [-0.05, 0) is 42.8 Å². The number of hydrogen-bond acceptors (Lipinski definition) is 5. The Morgan fingerprint density at radius 3 is 2.71 bits per heavy atom. The normalized spacial score (nSPS) is 17.6. The quantitative estimate of drug-likeness (QED) is 0.712. The summed E-state index contributed by atoms with van der Waals surface area (Å²) in [5.41, 5.74) is -0.343. The molecule has 1 atom stereocenters. The first kappa shape index (κ1) is 20.5. The lowest BCUT2D eigenvalue weighted by Gasteiger charge is -2.18. The molecule has 1 aromatic heterocycles. The molecule has 11 heteroatoms. The summed E-state index contributed by atoms with van der Waals surface area (Å²) in [6, 6.07) is 5.44. The van der Waals surface area contributed by atoms with Crippen LogP contribution in [-0.2, 0) is 14.8 Å². The number of nitrogens with zero attached hydrogens (tertiary/aromatic N) is 1. The first-order valence-corrected chi connectivity index (χ1v) is 10.7. The number of carboxylic acid groups (broad SMARTS) is 1. The standard InChI is InChI=1S/C17H14ClFN2O5S2/c18-15-4-2-11(27-15)6-8-28(25,26)20-13-5-7-21(16(13)22)14-3-1-10(17(23)24)9-12(14)19/h1-4,6,8-9,13,20H,5,7H2,(H,23,24). The summed E-state index contributed by atoms with van der Waals surface area (Å²) in [5, 5.41) is 9.82. The first-order chi connectivity index (χ1) is 13.2. The van der Waals surface area contributed by atoms with Gasteiger partial charge in [-0.2, -0.15) is 4.72 Å². The van der Waals surface area contributed by atoms with Crippen molar-refractivity contribution in [2.24, 2.45) is 0 Å². The zero-order valence-corrected chi connectivity index (χ0v) is 16.5. The van der Waals surface area contributed by atoms with E-state index in [2.05, 4.69) is 4.72 Å². The summed E-state index contributed by atoms with van der Waals surface area (Å²) in [4.78, 5) is 25.1. The molecule has 2 N–H and O–H groups in total. The fourth-order valence-corrected chi connectivity index (χ4v) is 4.77. The number of benzene rings is 1. The van der Waals surface area contributed by atoms with E-state index in [-0.39, 0.29) is 24.2 Å². The van der Waals surface area contributed by atoms with Gasteiger partial charge in [0.1, 0.15) is 11.9 Å². The zero-order chi connectivity index (χ0) is 20.5. The average molecular weight is 445 g/mol. The van der Waals surface area contributed by atoms with Gasteiger partial charge < -0.3 is 10.0 Å². The molecule has 1 aliphatic rings. The summed E-state index contributed by atoms with van der Waals surface area (Å²) >= 11 is 6.99. The summed E-state index contributed by atoms with van der Waals surface area (Å²) in [6.07, 6.45) is 1.51. The lowest BCUT2D eigenvalue weighted by molar-refractivity contribution is -0.118. The van der Waals surface area contributed by atoms with Crippen molar-refractivity contribution in [3.05, 3.63) is 56.3 Å². The number of anilines is 1. The monoisotopic (exact) mass is 444 g/mol. The molecule has 2 heterocycles. The van der Waals surface area contributed by atoms with E-state index in [4.69, 9.17) is 16.7 Å². The largest absolute Gasteiger partial charge is 0.478 e. The Morgan fingerprint density at radius 1 is 1.36 bits per heavy atom. The Morgan fingerprint density at radius 2 is 2.11 bits per heavy atom. The molecule has 1 amide bonds. The van der Waals surface area contributed by atoms with E-state index in [1.165, 1.54) is 29.5 Å². The van der Waals surface area contributed by atoms with Gasteiger partial charge in [0, 0.05) is 16.8 Å². The van der Waals surface area contributed by atoms with E-state index < -0.39 is 33.8 Å². The van der Waals surface area contributed by atoms with Crippen LogP contribution >= 0.6 is 22.9 Å². The minimum atomic E-state index is -3.91. The van der Waals surface area contributed by atoms with Gasteiger partial charge in [0.2, 0.25) is 15.9 Å². The van der Waals surface area contributed by atoms with Crippen LogP contribution in [0.5, 0.6) is 0 Å². The van der Waals surface area contributed by atoms with Crippen LogP contribution in [0.15, 0.2) is 35.7 Å². The summed E-state index contributed by atoms with van der Waals surface area (Å²) in [5.74, 6) is -2.77. The molecular weight excluding hydrogens is 431 g/mol. The van der Waals surface area contributed by atoms with Crippen molar-refractivity contribution in [2.45, 2.75) is 12.5 Å². The second kappa shape index (κ2) is 8.00. The van der Waals surface area contributed by atoms with Crippen molar-refractivity contribution >= 4 is 56.6 Å². The predicted octanol–water partition coefficient (Wildman–Crippen LogP) is 2.93. The summed E-state index contributed by atoms with van der Waals surface area (Å²) in [7, 11) is -3.91. The second-order valence-electron chi connectivity index (χ2n) is 5.91. The SMILES string of the molecule is O=C(O)c1ccc(N2CCC(NS(=O)(=O)C=Cc3ccc(Cl)s3)C2=O)c(F)c1. The van der Waals surface area contributed by atoms with E-state index in [0.717, 1.165) is 16.4 Å². The van der Waals surface area contributed by atoms with Crippen LogP contribution < -0.4 is 9.62 Å². The highest BCUT2D eigenvalue weighted by Crippen LogP contribution is 2.26. The first-order valence-electron chi connectivity index (χ1n) is 7.96. The van der Waals surface area contributed by atoms with E-state index in [9.17, 15) is 22.4 Å². The minimum Gasteiger partial charge on any atom is -0.478 e. The molecule has 2 aromatic rings. The van der Waals surface area contributed by atoms with Gasteiger partial charge in [0.25, 0.3) is 0 Å². The number of hydrogen-bond donors (Lipinski definition) is 2. The van der Waals surface area contributed by atoms with Gasteiger partial charge in [-0.15, -0.1) is 11.3 Å². The number of carbonyl (C=O) groups excluding carboxylic acids is 1. The second-order valence-corrected chi connectivity index (χ2v) is 9.25. The molecule has 0 saturated carbocycles. The Hall–Kier alpha value is -2.27. The van der Waals surface area contributed by atoms with Crippen LogP contribution in [0.3, 0.4) is 0 Å². The van der Waals surface area contributed by atoms with E-state index in [0.29, 0.717) is 9.21 Å². The van der Waals surface area contributed by atoms with Crippen molar-refractivity contribution in [2.75, 3.05) is 11.4 Å². The molecule has 0 aliphatic carbocycles. The maximum atomic E-state index is 14.2. The van der Waals surface area contributed by atoms with E-state index >= 15 is 0 Å². The van der Waals surface area contributed by atoms with Gasteiger partial charge in [-0.1, -0.05) is 11.6 Å². The van der Waals surface area contributed by atoms with Gasteiger partial charge in [-0.25, -0.2) is 17.6 Å². The molecule has 7 nitrogen and oxygen atoms in total. The van der Waals surface area contributed by atoms with Gasteiger partial charge in [0.15, 0.2) is 0 Å². The molecule has 0 radical (unpaired) electrons. The highest BCUT2D eigenvalue weighted by atomic mass is 35.5. The lowest BCUT2D eigenvalue weighted by Crippen LogP contribution is -2.40. The van der Waals surface area contributed by atoms with Crippen LogP contribution in [0.25, 0.3) is 6.08 Å². The number of nitrogens with one attached hydrogen (secondary N) is 1. The number of thiophene rings is 1.